The molecule has 1 nitrogen and oxygen atoms in total. The Labute approximate surface area is 95.5 Å². The standard InChI is InChI=1S/C15H15N/c1-2-4-14-12(3-1)15-11-7-5-10(6-8-11)13(15)9-16-14/h1-4,9-11H,5-8H2. The van der Waals surface area contributed by atoms with Crippen molar-refractivity contribution >= 4 is 10.9 Å². The van der Waals surface area contributed by atoms with Gasteiger partial charge in [-0.05, 0) is 54.7 Å². The molecule has 0 spiro atoms. The van der Waals surface area contributed by atoms with Crippen LogP contribution in [0.25, 0.3) is 10.9 Å². The van der Waals surface area contributed by atoms with Crippen LogP contribution in [0.2, 0.25) is 0 Å². The number of aromatic nitrogens is 1. The van der Waals surface area contributed by atoms with Gasteiger partial charge in [-0.25, -0.2) is 0 Å². The molecule has 3 aliphatic carbocycles. The molecule has 1 heterocycles. The summed E-state index contributed by atoms with van der Waals surface area (Å²) in [6.07, 6.45) is 7.71. The van der Waals surface area contributed by atoms with E-state index in [9.17, 15) is 0 Å². The van der Waals surface area contributed by atoms with Crippen LogP contribution in [0, 0.1) is 0 Å². The number of hydrogen-bond acceptors (Lipinski definition) is 1. The summed E-state index contributed by atoms with van der Waals surface area (Å²) in [5, 5.41) is 1.41. The van der Waals surface area contributed by atoms with Gasteiger partial charge in [0.1, 0.15) is 0 Å². The van der Waals surface area contributed by atoms with Gasteiger partial charge < -0.3 is 0 Å². The van der Waals surface area contributed by atoms with E-state index in [1.54, 1.807) is 11.1 Å². The quantitative estimate of drug-likeness (QED) is 0.639. The maximum absolute atomic E-state index is 4.61. The van der Waals surface area contributed by atoms with Crippen LogP contribution < -0.4 is 0 Å². The Kier molecular flexibility index (Phi) is 1.68. The van der Waals surface area contributed by atoms with Crippen LogP contribution >= 0.6 is 0 Å². The summed E-state index contributed by atoms with van der Waals surface area (Å²) in [4.78, 5) is 4.61. The first-order chi connectivity index (χ1) is 7.93. The third-order valence-corrected chi connectivity index (χ3v) is 4.42. The molecule has 0 aliphatic heterocycles. The van der Waals surface area contributed by atoms with E-state index in [-0.39, 0.29) is 0 Å². The van der Waals surface area contributed by atoms with Crippen molar-refractivity contribution in [3.8, 4) is 0 Å². The fourth-order valence-electron chi connectivity index (χ4n) is 3.65. The number of nitrogens with zero attached hydrogens (tertiary/aromatic N) is 1. The van der Waals surface area contributed by atoms with Crippen LogP contribution in [0.15, 0.2) is 30.5 Å². The summed E-state index contributed by atoms with van der Waals surface area (Å²) in [6, 6.07) is 8.62. The third kappa shape index (κ3) is 1.03. The predicted molar refractivity (Wildman–Crippen MR) is 65.7 cm³/mol. The van der Waals surface area contributed by atoms with Gasteiger partial charge in [0.05, 0.1) is 5.52 Å². The lowest BCUT2D eigenvalue weighted by molar-refractivity contribution is 0.360. The van der Waals surface area contributed by atoms with E-state index >= 15 is 0 Å². The molecular weight excluding hydrogens is 194 g/mol. The molecule has 1 aromatic heterocycles. The summed E-state index contributed by atoms with van der Waals surface area (Å²) in [5.41, 5.74) is 4.36. The number of para-hydroxylation sites is 1. The van der Waals surface area contributed by atoms with E-state index in [1.165, 1.54) is 36.6 Å². The van der Waals surface area contributed by atoms with Crippen LogP contribution in [0.5, 0.6) is 0 Å². The fraction of sp³-hybridized carbons (Fsp3) is 0.400. The second kappa shape index (κ2) is 3.07. The predicted octanol–water partition coefficient (Wildman–Crippen LogP) is 3.99. The summed E-state index contributed by atoms with van der Waals surface area (Å²) < 4.78 is 0. The highest BCUT2D eigenvalue weighted by Crippen LogP contribution is 2.50. The summed E-state index contributed by atoms with van der Waals surface area (Å²) in [6.45, 7) is 0. The van der Waals surface area contributed by atoms with E-state index in [2.05, 4.69) is 35.4 Å². The molecule has 80 valence electrons. The second-order valence-corrected chi connectivity index (χ2v) is 5.19. The highest BCUT2D eigenvalue weighted by atomic mass is 14.7. The second-order valence-electron chi connectivity index (χ2n) is 5.19. The molecule has 2 aromatic rings. The van der Waals surface area contributed by atoms with Crippen molar-refractivity contribution < 1.29 is 0 Å². The van der Waals surface area contributed by atoms with Crippen molar-refractivity contribution in [2.75, 3.05) is 0 Å². The van der Waals surface area contributed by atoms with Gasteiger partial charge >= 0.3 is 0 Å². The molecule has 0 radical (unpaired) electrons. The smallest absolute Gasteiger partial charge is 0.0705 e. The first-order valence-corrected chi connectivity index (χ1v) is 6.31. The molecule has 16 heavy (non-hydrogen) atoms. The Balaban J connectivity index is 2.10. The Hall–Kier alpha value is -1.37. The SMILES string of the molecule is c1ccc2c3c(cnc2c1)C1CCC3CC1. The molecule has 1 aromatic carbocycles. The zero-order chi connectivity index (χ0) is 10.5. The number of pyridine rings is 1. The molecule has 0 amide bonds. The van der Waals surface area contributed by atoms with Crippen LogP contribution in [0.3, 0.4) is 0 Å². The van der Waals surface area contributed by atoms with Gasteiger partial charge in [-0.15, -0.1) is 0 Å². The van der Waals surface area contributed by atoms with E-state index in [1.807, 2.05) is 0 Å². The molecule has 0 atom stereocenters. The maximum atomic E-state index is 4.61. The minimum absolute atomic E-state index is 0.803. The Morgan fingerprint density at radius 2 is 1.69 bits per heavy atom. The van der Waals surface area contributed by atoms with E-state index < -0.39 is 0 Å². The van der Waals surface area contributed by atoms with Gasteiger partial charge in [-0.2, -0.15) is 0 Å². The highest BCUT2D eigenvalue weighted by Gasteiger charge is 2.34. The molecular formula is C15H15N. The molecule has 1 saturated carbocycles. The zero-order valence-corrected chi connectivity index (χ0v) is 9.32. The lowest BCUT2D eigenvalue weighted by Crippen LogP contribution is -2.22. The van der Waals surface area contributed by atoms with Crippen molar-refractivity contribution in [3.63, 3.8) is 0 Å². The van der Waals surface area contributed by atoms with Gasteiger partial charge in [-0.3, -0.25) is 4.98 Å². The lowest BCUT2D eigenvalue weighted by Gasteiger charge is -2.38. The largest absolute Gasteiger partial charge is 0.256 e. The average Bonchev–Trinajstić information content (AvgIpc) is 2.40. The van der Waals surface area contributed by atoms with E-state index in [0.29, 0.717) is 0 Å². The van der Waals surface area contributed by atoms with Crippen LogP contribution in [0.4, 0.5) is 0 Å². The monoisotopic (exact) mass is 209 g/mol. The highest BCUT2D eigenvalue weighted by molar-refractivity contribution is 5.84. The third-order valence-electron chi connectivity index (χ3n) is 4.42. The number of fused-ring (bicyclic) bond motifs is 3. The average molecular weight is 209 g/mol. The minimum Gasteiger partial charge on any atom is -0.256 e. The maximum Gasteiger partial charge on any atom is 0.0705 e. The van der Waals surface area contributed by atoms with Crippen LogP contribution in [-0.4, -0.2) is 4.98 Å². The molecule has 5 rings (SSSR count). The summed E-state index contributed by atoms with van der Waals surface area (Å²) in [5.74, 6) is 1.62. The Bertz CT molecular complexity index is 550. The summed E-state index contributed by atoms with van der Waals surface area (Å²) in [7, 11) is 0. The molecule has 1 fully saturated rings. The Morgan fingerprint density at radius 3 is 2.56 bits per heavy atom. The normalized spacial score (nSPS) is 27.0. The first kappa shape index (κ1) is 8.74. The van der Waals surface area contributed by atoms with Gasteiger partial charge in [0, 0.05) is 11.6 Å². The number of rotatable bonds is 0. The lowest BCUT2D eigenvalue weighted by atomic mass is 9.67. The first-order valence-electron chi connectivity index (χ1n) is 6.31. The van der Waals surface area contributed by atoms with Gasteiger partial charge in [0.2, 0.25) is 0 Å². The van der Waals surface area contributed by atoms with Crippen molar-refractivity contribution in [3.05, 3.63) is 41.6 Å². The van der Waals surface area contributed by atoms with Crippen molar-refractivity contribution in [1.82, 2.24) is 4.98 Å². The van der Waals surface area contributed by atoms with E-state index in [0.717, 1.165) is 11.8 Å². The number of hydrogen-bond donors (Lipinski definition) is 0. The van der Waals surface area contributed by atoms with E-state index in [4.69, 9.17) is 0 Å². The minimum atomic E-state index is 0.803. The molecule has 0 N–H and O–H groups in total. The Morgan fingerprint density at radius 1 is 0.938 bits per heavy atom. The van der Waals surface area contributed by atoms with Crippen LogP contribution in [0.1, 0.15) is 48.6 Å². The molecule has 3 aliphatic rings. The topological polar surface area (TPSA) is 12.9 Å². The van der Waals surface area contributed by atoms with Crippen molar-refractivity contribution in [2.45, 2.75) is 37.5 Å². The number of benzene rings is 1. The van der Waals surface area contributed by atoms with Crippen LogP contribution in [-0.2, 0) is 0 Å². The molecule has 2 bridgehead atoms. The van der Waals surface area contributed by atoms with Gasteiger partial charge in [0.25, 0.3) is 0 Å². The summed E-state index contributed by atoms with van der Waals surface area (Å²) >= 11 is 0. The van der Waals surface area contributed by atoms with Gasteiger partial charge in [-0.1, -0.05) is 18.2 Å². The van der Waals surface area contributed by atoms with Crippen molar-refractivity contribution in [2.24, 2.45) is 0 Å². The van der Waals surface area contributed by atoms with Crippen molar-refractivity contribution in [1.29, 1.82) is 0 Å². The molecule has 1 heteroatoms. The molecule has 0 saturated heterocycles. The van der Waals surface area contributed by atoms with Gasteiger partial charge in [0.15, 0.2) is 0 Å². The fourth-order valence-corrected chi connectivity index (χ4v) is 3.65. The zero-order valence-electron chi connectivity index (χ0n) is 9.32. The molecule has 0 unspecified atom stereocenters.